The van der Waals surface area contributed by atoms with Crippen LogP contribution < -0.4 is 0 Å². The monoisotopic (exact) mass is 529 g/mol. The van der Waals surface area contributed by atoms with E-state index in [1.54, 1.807) is 5.56 Å². The van der Waals surface area contributed by atoms with Crippen molar-refractivity contribution in [2.24, 2.45) is 0 Å². The van der Waals surface area contributed by atoms with Gasteiger partial charge >= 0.3 is 0 Å². The first-order valence-electron chi connectivity index (χ1n) is 17.6. The summed E-state index contributed by atoms with van der Waals surface area (Å²) in [5, 5.41) is 0. The van der Waals surface area contributed by atoms with Gasteiger partial charge < -0.3 is 4.48 Å². The molecule has 0 amide bonds. The van der Waals surface area contributed by atoms with E-state index in [-0.39, 0.29) is 5.54 Å². The van der Waals surface area contributed by atoms with Crippen LogP contribution in [0.15, 0.2) is 30.3 Å². The molecular formula is C37H70N+. The lowest BCUT2D eigenvalue weighted by Gasteiger charge is -2.53. The molecule has 222 valence electrons. The maximum atomic E-state index is 2.47. The first-order chi connectivity index (χ1) is 18.7. The Bertz CT molecular complexity index is 585. The molecule has 0 saturated heterocycles. The summed E-state index contributed by atoms with van der Waals surface area (Å²) in [6.45, 7) is 15.8. The first-order valence-corrected chi connectivity index (χ1v) is 17.6. The molecule has 1 rings (SSSR count). The predicted molar refractivity (Wildman–Crippen MR) is 173 cm³/mol. The molecule has 38 heavy (non-hydrogen) atoms. The maximum absolute atomic E-state index is 2.47. The fraction of sp³-hybridized carbons (Fsp3) is 0.838. The Hall–Kier alpha value is -0.820. The lowest BCUT2D eigenvalue weighted by molar-refractivity contribution is -0.981. The minimum Gasteiger partial charge on any atom is -0.316 e. The highest BCUT2D eigenvalue weighted by Gasteiger charge is 2.48. The van der Waals surface area contributed by atoms with Crippen molar-refractivity contribution in [1.29, 1.82) is 0 Å². The predicted octanol–water partition coefficient (Wildman–Crippen LogP) is 12.4. The second-order valence-electron chi connectivity index (χ2n) is 12.4. The Balaban J connectivity index is 2.73. The van der Waals surface area contributed by atoms with E-state index in [4.69, 9.17) is 0 Å². The highest BCUT2D eigenvalue weighted by molar-refractivity contribution is 5.23. The Morgan fingerprint density at radius 3 is 1.05 bits per heavy atom. The van der Waals surface area contributed by atoms with Crippen LogP contribution in [0.2, 0.25) is 0 Å². The average Bonchev–Trinajstić information content (AvgIpc) is 2.96. The van der Waals surface area contributed by atoms with Crippen LogP contribution in [0.1, 0.15) is 181 Å². The minimum atomic E-state index is 0.278. The first kappa shape index (κ1) is 35.2. The fourth-order valence-electron chi connectivity index (χ4n) is 7.30. The molecule has 0 fully saturated rings. The van der Waals surface area contributed by atoms with E-state index in [1.807, 2.05) is 0 Å². The summed E-state index contributed by atoms with van der Waals surface area (Å²) in [4.78, 5) is 0. The second-order valence-corrected chi connectivity index (χ2v) is 12.4. The van der Waals surface area contributed by atoms with Gasteiger partial charge in [0.15, 0.2) is 0 Å². The van der Waals surface area contributed by atoms with Gasteiger partial charge in [0, 0.05) is 18.4 Å². The van der Waals surface area contributed by atoms with Crippen LogP contribution in [0.3, 0.4) is 0 Å². The normalized spacial score (nSPS) is 12.3. The summed E-state index contributed by atoms with van der Waals surface area (Å²) in [6, 6.07) is 11.8. The Morgan fingerprint density at radius 2 is 0.737 bits per heavy atom. The number of quaternary nitrogens is 1. The molecule has 0 aromatic heterocycles. The van der Waals surface area contributed by atoms with Crippen LogP contribution in [0.25, 0.3) is 0 Å². The largest absolute Gasteiger partial charge is 0.316 e. The topological polar surface area (TPSA) is 0 Å². The molecular weight excluding hydrogens is 458 g/mol. The van der Waals surface area contributed by atoms with E-state index in [9.17, 15) is 0 Å². The van der Waals surface area contributed by atoms with Gasteiger partial charge in [-0.25, -0.2) is 0 Å². The van der Waals surface area contributed by atoms with Crippen LogP contribution >= 0.6 is 0 Å². The van der Waals surface area contributed by atoms with Crippen LogP contribution in [0.5, 0.6) is 0 Å². The van der Waals surface area contributed by atoms with E-state index in [0.29, 0.717) is 0 Å². The van der Waals surface area contributed by atoms with E-state index >= 15 is 0 Å². The third-order valence-electron chi connectivity index (χ3n) is 9.92. The molecule has 0 radical (unpaired) electrons. The van der Waals surface area contributed by atoms with Crippen LogP contribution in [-0.2, 0) is 5.54 Å². The van der Waals surface area contributed by atoms with Crippen molar-refractivity contribution in [3.05, 3.63) is 35.9 Å². The fourth-order valence-corrected chi connectivity index (χ4v) is 7.30. The Morgan fingerprint density at radius 1 is 0.421 bits per heavy atom. The van der Waals surface area contributed by atoms with Crippen molar-refractivity contribution < 1.29 is 4.48 Å². The summed E-state index contributed by atoms with van der Waals surface area (Å²) in [5.74, 6) is 0. The van der Waals surface area contributed by atoms with Gasteiger partial charge in [0.2, 0.25) is 0 Å². The van der Waals surface area contributed by atoms with E-state index in [0.717, 1.165) is 0 Å². The molecule has 0 atom stereocenters. The van der Waals surface area contributed by atoms with Gasteiger partial charge in [0.05, 0.1) is 19.6 Å². The van der Waals surface area contributed by atoms with E-state index in [1.165, 1.54) is 165 Å². The molecule has 0 unspecified atom stereocenters. The van der Waals surface area contributed by atoms with Crippen LogP contribution in [0, 0.1) is 0 Å². The van der Waals surface area contributed by atoms with Crippen molar-refractivity contribution >= 4 is 0 Å². The number of hydrogen-bond donors (Lipinski definition) is 0. The third-order valence-corrected chi connectivity index (χ3v) is 9.92. The zero-order chi connectivity index (χ0) is 27.8. The van der Waals surface area contributed by atoms with Gasteiger partial charge in [-0.15, -0.1) is 0 Å². The van der Waals surface area contributed by atoms with Crippen molar-refractivity contribution in [2.45, 2.75) is 181 Å². The number of hydrogen-bond acceptors (Lipinski definition) is 0. The van der Waals surface area contributed by atoms with Crippen LogP contribution in [-0.4, -0.2) is 24.1 Å². The molecule has 0 bridgehead atoms. The zero-order valence-corrected chi connectivity index (χ0v) is 27.0. The van der Waals surface area contributed by atoms with Gasteiger partial charge in [0.25, 0.3) is 0 Å². The smallest absolute Gasteiger partial charge is 0.125 e. The van der Waals surface area contributed by atoms with Crippen molar-refractivity contribution in [2.75, 3.05) is 19.6 Å². The van der Waals surface area contributed by atoms with Gasteiger partial charge in [-0.1, -0.05) is 160 Å². The quantitative estimate of drug-likeness (QED) is 0.0786. The Labute approximate surface area is 241 Å². The molecule has 0 aliphatic carbocycles. The number of unbranched alkanes of at least 4 members (excludes halogenated alkanes) is 18. The molecule has 0 saturated carbocycles. The lowest BCUT2D eigenvalue weighted by atomic mass is 9.76. The van der Waals surface area contributed by atoms with Crippen molar-refractivity contribution in [1.82, 2.24) is 0 Å². The summed E-state index contributed by atoms with van der Waals surface area (Å²) < 4.78 is 1.26. The maximum Gasteiger partial charge on any atom is 0.125 e. The second kappa shape index (κ2) is 22.9. The molecule has 1 nitrogen and oxygen atoms in total. The highest BCUT2D eigenvalue weighted by Crippen LogP contribution is 2.44. The minimum absolute atomic E-state index is 0.278. The standard InChI is InChI=1S/C37H70N/c1-6-11-13-15-17-19-21-23-25-30-34-37(36-32-28-27-29-33-36,38(8-3,9-4)10-5)35-31-26-24-22-20-18-16-14-12-7-2/h27-29,32-33H,6-26,30-31,34-35H2,1-5H3/q+1. The Kier molecular flexibility index (Phi) is 21.3. The molecule has 1 aromatic carbocycles. The lowest BCUT2D eigenvalue weighted by Crippen LogP contribution is -2.62. The molecule has 0 aliphatic heterocycles. The number of benzene rings is 1. The number of rotatable bonds is 27. The molecule has 0 N–H and O–H groups in total. The average molecular weight is 529 g/mol. The van der Waals surface area contributed by atoms with Gasteiger partial charge in [-0.3, -0.25) is 0 Å². The van der Waals surface area contributed by atoms with Gasteiger partial charge in [-0.2, -0.15) is 0 Å². The van der Waals surface area contributed by atoms with Gasteiger partial charge in [0.1, 0.15) is 5.54 Å². The third kappa shape index (κ3) is 12.6. The van der Waals surface area contributed by atoms with E-state index in [2.05, 4.69) is 65.0 Å². The summed E-state index contributed by atoms with van der Waals surface area (Å²) >= 11 is 0. The zero-order valence-electron chi connectivity index (χ0n) is 27.0. The summed E-state index contributed by atoms with van der Waals surface area (Å²) in [7, 11) is 0. The SMILES string of the molecule is CCCCCCCCCCCCC(CCCCCCCCCCCC)(c1ccccc1)[N+](CC)(CC)CC. The molecule has 1 heteroatoms. The number of nitrogens with zero attached hydrogens (tertiary/aromatic N) is 1. The molecule has 0 aliphatic rings. The summed E-state index contributed by atoms with van der Waals surface area (Å²) in [6.07, 6.45) is 31.2. The van der Waals surface area contributed by atoms with E-state index < -0.39 is 0 Å². The van der Waals surface area contributed by atoms with Crippen molar-refractivity contribution in [3.8, 4) is 0 Å². The molecule has 0 spiro atoms. The van der Waals surface area contributed by atoms with Crippen LogP contribution in [0.4, 0.5) is 0 Å². The van der Waals surface area contributed by atoms with Crippen molar-refractivity contribution in [3.63, 3.8) is 0 Å². The summed E-state index contributed by atoms with van der Waals surface area (Å²) in [5.41, 5.74) is 1.90. The molecule has 0 heterocycles. The highest BCUT2D eigenvalue weighted by atomic mass is 15.4. The van der Waals surface area contributed by atoms with Gasteiger partial charge in [-0.05, 0) is 33.6 Å². The molecule has 1 aromatic rings.